The van der Waals surface area contributed by atoms with E-state index in [-0.39, 0.29) is 21.5 Å². The summed E-state index contributed by atoms with van der Waals surface area (Å²) >= 11 is 11.7. The summed E-state index contributed by atoms with van der Waals surface area (Å²) in [6.45, 7) is 0.985. The van der Waals surface area contributed by atoms with Crippen LogP contribution >= 0.6 is 23.2 Å². The van der Waals surface area contributed by atoms with Gasteiger partial charge in [-0.2, -0.15) is 26.3 Å². The number of alkyl halides is 6. The highest BCUT2D eigenvalue weighted by molar-refractivity contribution is 7.92. The highest BCUT2D eigenvalue weighted by Crippen LogP contribution is 2.42. The largest absolute Gasteiger partial charge is 0.488 e. The van der Waals surface area contributed by atoms with Gasteiger partial charge in [0.2, 0.25) is 0 Å². The summed E-state index contributed by atoms with van der Waals surface area (Å²) in [5.41, 5.74) is -2.66. The van der Waals surface area contributed by atoms with E-state index in [1.54, 1.807) is 7.05 Å². The fourth-order valence-corrected chi connectivity index (χ4v) is 5.31. The van der Waals surface area contributed by atoms with Gasteiger partial charge in [0.1, 0.15) is 23.4 Å². The van der Waals surface area contributed by atoms with Crippen molar-refractivity contribution in [3.05, 3.63) is 75.8 Å². The molecule has 40 heavy (non-hydrogen) atoms. The second kappa shape index (κ2) is 11.2. The molecular formula is C25H20Cl2F6N2O4S. The molecule has 0 unspecified atom stereocenters. The summed E-state index contributed by atoms with van der Waals surface area (Å²) in [5.74, 6) is -1.58. The van der Waals surface area contributed by atoms with Crippen LogP contribution in [0.5, 0.6) is 17.2 Å². The summed E-state index contributed by atoms with van der Waals surface area (Å²) in [7, 11) is -2.82. The highest BCUT2D eigenvalue weighted by atomic mass is 35.5. The van der Waals surface area contributed by atoms with Gasteiger partial charge in [0.25, 0.3) is 10.0 Å². The van der Waals surface area contributed by atoms with Gasteiger partial charge in [0, 0.05) is 31.3 Å². The van der Waals surface area contributed by atoms with Crippen LogP contribution in [-0.2, 0) is 22.4 Å². The molecule has 216 valence electrons. The molecule has 6 nitrogen and oxygen atoms in total. The Hall–Kier alpha value is -2.87. The summed E-state index contributed by atoms with van der Waals surface area (Å²) in [5, 5.41) is 0.105. The molecule has 1 saturated heterocycles. The molecule has 1 heterocycles. The summed E-state index contributed by atoms with van der Waals surface area (Å²) in [4.78, 5) is 1.22. The molecule has 1 fully saturated rings. The quantitative estimate of drug-likeness (QED) is 0.272. The first-order chi connectivity index (χ1) is 18.5. The highest BCUT2D eigenvalue weighted by Gasteiger charge is 2.37. The third kappa shape index (κ3) is 7.06. The third-order valence-corrected chi connectivity index (χ3v) is 7.99. The number of hydrogen-bond acceptors (Lipinski definition) is 5. The molecule has 0 radical (unpaired) electrons. The number of nitrogens with one attached hydrogen (secondary N) is 1. The minimum atomic E-state index is -4.91. The van der Waals surface area contributed by atoms with Gasteiger partial charge in [0.15, 0.2) is 0 Å². The van der Waals surface area contributed by atoms with Crippen molar-refractivity contribution >= 4 is 38.9 Å². The zero-order valence-corrected chi connectivity index (χ0v) is 22.7. The monoisotopic (exact) mass is 628 g/mol. The Labute approximate surface area is 235 Å². The molecule has 0 bridgehead atoms. The van der Waals surface area contributed by atoms with E-state index in [1.165, 1.54) is 12.1 Å². The van der Waals surface area contributed by atoms with Crippen LogP contribution in [0, 0.1) is 0 Å². The molecule has 3 aromatic rings. The van der Waals surface area contributed by atoms with Gasteiger partial charge in [-0.15, -0.1) is 0 Å². The maximum Gasteiger partial charge on any atom is 0.419 e. The Balaban J connectivity index is 1.67. The van der Waals surface area contributed by atoms with Crippen LogP contribution in [0.4, 0.5) is 32.0 Å². The van der Waals surface area contributed by atoms with Crippen molar-refractivity contribution in [2.24, 2.45) is 0 Å². The standard InChI is InChI=1S/C25H20Cl2F6N2O4S/c1-35-9-8-16(13-35)39-22-10-14(2-5-18(22)24(28,29)30)34-40(36,37)17-4-6-19(25(31,32)33)23(12-17)38-15-3-7-20(26)21(27)11-15/h2-7,10-12,16,34H,8-9,13H2,1H3/t16-/m1/s1. The molecule has 1 aliphatic rings. The number of benzene rings is 3. The van der Waals surface area contributed by atoms with Gasteiger partial charge in [-0.1, -0.05) is 23.2 Å². The Bertz CT molecular complexity index is 1520. The first kappa shape index (κ1) is 30.1. The van der Waals surface area contributed by atoms with E-state index in [0.717, 1.165) is 18.2 Å². The average Bonchev–Trinajstić information content (AvgIpc) is 3.24. The van der Waals surface area contributed by atoms with Crippen molar-refractivity contribution in [1.82, 2.24) is 4.90 Å². The number of sulfonamides is 1. The van der Waals surface area contributed by atoms with Gasteiger partial charge in [-0.25, -0.2) is 8.42 Å². The van der Waals surface area contributed by atoms with Gasteiger partial charge < -0.3 is 14.4 Å². The molecule has 0 saturated carbocycles. The predicted octanol–water partition coefficient (Wildman–Crippen LogP) is 7.71. The van der Waals surface area contributed by atoms with Crippen LogP contribution in [0.2, 0.25) is 10.0 Å². The summed E-state index contributed by atoms with van der Waals surface area (Å²) in [6, 6.07) is 7.95. The maximum atomic E-state index is 13.6. The Kier molecular flexibility index (Phi) is 8.42. The van der Waals surface area contributed by atoms with Crippen molar-refractivity contribution in [3.63, 3.8) is 0 Å². The van der Waals surface area contributed by atoms with Crippen LogP contribution in [0.25, 0.3) is 0 Å². The number of rotatable bonds is 7. The molecule has 3 aromatic carbocycles. The van der Waals surface area contributed by atoms with E-state index >= 15 is 0 Å². The molecule has 1 atom stereocenters. The van der Waals surface area contributed by atoms with Gasteiger partial charge in [0.05, 0.1) is 31.8 Å². The van der Waals surface area contributed by atoms with Crippen LogP contribution in [-0.4, -0.2) is 39.6 Å². The fraction of sp³-hybridized carbons (Fsp3) is 0.280. The molecule has 1 N–H and O–H groups in total. The number of likely N-dealkylation sites (tertiary alicyclic amines) is 1. The zero-order valence-electron chi connectivity index (χ0n) is 20.4. The second-order valence-corrected chi connectivity index (χ2v) is 11.4. The number of anilines is 1. The van der Waals surface area contributed by atoms with Crippen molar-refractivity contribution < 1.29 is 44.2 Å². The van der Waals surface area contributed by atoms with Crippen LogP contribution < -0.4 is 14.2 Å². The van der Waals surface area contributed by atoms with E-state index in [9.17, 15) is 34.8 Å². The number of hydrogen-bond donors (Lipinski definition) is 1. The normalized spacial score (nSPS) is 16.7. The number of halogens is 8. The molecule has 4 rings (SSSR count). The average molecular weight is 629 g/mol. The predicted molar refractivity (Wildman–Crippen MR) is 137 cm³/mol. The molecule has 15 heteroatoms. The van der Waals surface area contributed by atoms with Crippen LogP contribution in [0.3, 0.4) is 0 Å². The lowest BCUT2D eigenvalue weighted by atomic mass is 10.1. The van der Waals surface area contributed by atoms with Crippen molar-refractivity contribution in [2.45, 2.75) is 29.8 Å². The van der Waals surface area contributed by atoms with Crippen LogP contribution in [0.1, 0.15) is 17.5 Å². The molecule has 0 spiro atoms. The van der Waals surface area contributed by atoms with Crippen molar-refractivity contribution in [1.29, 1.82) is 0 Å². The first-order valence-electron chi connectivity index (χ1n) is 11.5. The first-order valence-corrected chi connectivity index (χ1v) is 13.7. The number of likely N-dealkylation sites (N-methyl/N-ethyl adjacent to an activating group) is 1. The number of ether oxygens (including phenoxy) is 2. The maximum absolute atomic E-state index is 13.6. The van der Waals surface area contributed by atoms with Gasteiger partial charge in [-0.05, 0) is 49.9 Å². The SMILES string of the molecule is CN1CC[C@@H](Oc2cc(NS(=O)(=O)c3ccc(C(F)(F)F)c(Oc4ccc(Cl)c(Cl)c4)c3)ccc2C(F)(F)F)C1. The summed E-state index contributed by atoms with van der Waals surface area (Å²) < 4.78 is 121. The lowest BCUT2D eigenvalue weighted by molar-refractivity contribution is -0.139. The molecular weight excluding hydrogens is 609 g/mol. The van der Waals surface area contributed by atoms with E-state index in [4.69, 9.17) is 32.7 Å². The van der Waals surface area contributed by atoms with Gasteiger partial charge >= 0.3 is 12.4 Å². The minimum Gasteiger partial charge on any atom is -0.488 e. The summed E-state index contributed by atoms with van der Waals surface area (Å²) in [6.07, 6.45) is -9.76. The minimum absolute atomic E-state index is 0.0113. The lowest BCUT2D eigenvalue weighted by Crippen LogP contribution is -2.23. The van der Waals surface area contributed by atoms with Crippen molar-refractivity contribution in [2.75, 3.05) is 24.9 Å². The number of nitrogens with zero attached hydrogens (tertiary/aromatic N) is 1. The third-order valence-electron chi connectivity index (χ3n) is 5.87. The molecule has 0 aromatic heterocycles. The fourth-order valence-electron chi connectivity index (χ4n) is 3.96. The smallest absolute Gasteiger partial charge is 0.419 e. The topological polar surface area (TPSA) is 67.9 Å². The Morgan fingerprint density at radius 2 is 1.52 bits per heavy atom. The zero-order chi connectivity index (χ0) is 29.5. The lowest BCUT2D eigenvalue weighted by Gasteiger charge is -2.20. The Morgan fingerprint density at radius 3 is 2.12 bits per heavy atom. The van der Waals surface area contributed by atoms with E-state index in [2.05, 4.69) is 4.72 Å². The van der Waals surface area contributed by atoms with Crippen LogP contribution in [0.15, 0.2) is 59.5 Å². The Morgan fingerprint density at radius 1 is 0.875 bits per heavy atom. The van der Waals surface area contributed by atoms with E-state index in [1.807, 2.05) is 4.90 Å². The van der Waals surface area contributed by atoms with E-state index < -0.39 is 56.0 Å². The van der Waals surface area contributed by atoms with Crippen molar-refractivity contribution in [3.8, 4) is 17.2 Å². The second-order valence-electron chi connectivity index (χ2n) is 8.94. The molecule has 0 amide bonds. The molecule has 1 aliphatic heterocycles. The van der Waals surface area contributed by atoms with E-state index in [0.29, 0.717) is 43.8 Å². The molecule has 0 aliphatic carbocycles. The van der Waals surface area contributed by atoms with Gasteiger partial charge in [-0.3, -0.25) is 4.72 Å².